The number of carbonyl (C=O) groups is 1. The van der Waals surface area contributed by atoms with Crippen LogP contribution in [0.1, 0.15) is 37.7 Å². The predicted molar refractivity (Wildman–Crippen MR) is 115 cm³/mol. The molecule has 3 aliphatic rings. The van der Waals surface area contributed by atoms with Gasteiger partial charge in [0.15, 0.2) is 5.82 Å². The van der Waals surface area contributed by atoms with Crippen LogP contribution in [-0.2, 0) is 26.2 Å². The van der Waals surface area contributed by atoms with Crippen LogP contribution in [0.4, 0.5) is 10.1 Å². The number of rotatable bonds is 8. The second-order valence-corrected chi connectivity index (χ2v) is 11.0. The molecule has 1 saturated carbocycles. The number of esters is 1. The van der Waals surface area contributed by atoms with Gasteiger partial charge in [0.2, 0.25) is 10.0 Å². The first kappa shape index (κ1) is 22.0. The van der Waals surface area contributed by atoms with Crippen LogP contribution < -0.4 is 10.6 Å². The normalized spacial score (nSPS) is 21.0. The van der Waals surface area contributed by atoms with Gasteiger partial charge in [-0.2, -0.15) is 0 Å². The van der Waals surface area contributed by atoms with Crippen molar-refractivity contribution in [3.05, 3.63) is 29.6 Å². The summed E-state index contributed by atoms with van der Waals surface area (Å²) >= 11 is 0. The predicted octanol–water partition coefficient (Wildman–Crippen LogP) is 1.84. The van der Waals surface area contributed by atoms with Crippen molar-refractivity contribution < 1.29 is 22.3 Å². The maximum Gasteiger partial charge on any atom is 0.313 e. The van der Waals surface area contributed by atoms with Crippen molar-refractivity contribution in [2.45, 2.75) is 44.0 Å². The van der Waals surface area contributed by atoms with E-state index in [2.05, 4.69) is 0 Å². The number of halogens is 1. The SMILES string of the molecule is N=C(N)CC(=O)OCc1cccc(N2CC(C3CCN(S(=O)(=O)C4CC4)CC3)C2)c1F. The van der Waals surface area contributed by atoms with Crippen LogP contribution >= 0.6 is 0 Å². The van der Waals surface area contributed by atoms with Crippen molar-refractivity contribution in [3.8, 4) is 0 Å². The molecule has 10 heteroatoms. The Bertz CT molecular complexity index is 952. The van der Waals surface area contributed by atoms with Gasteiger partial charge < -0.3 is 15.4 Å². The maximum atomic E-state index is 14.9. The number of anilines is 1. The molecule has 0 amide bonds. The van der Waals surface area contributed by atoms with E-state index in [0.717, 1.165) is 38.8 Å². The Morgan fingerprint density at radius 3 is 2.45 bits per heavy atom. The van der Waals surface area contributed by atoms with Gasteiger partial charge in [-0.15, -0.1) is 0 Å². The van der Waals surface area contributed by atoms with Crippen molar-refractivity contribution in [1.82, 2.24) is 4.31 Å². The molecular weight excluding hydrogens is 423 g/mol. The summed E-state index contributed by atoms with van der Waals surface area (Å²) in [5, 5.41) is 6.95. The van der Waals surface area contributed by atoms with E-state index in [0.29, 0.717) is 30.6 Å². The minimum Gasteiger partial charge on any atom is -0.460 e. The highest BCUT2D eigenvalue weighted by atomic mass is 32.2. The molecule has 1 aliphatic carbocycles. The maximum absolute atomic E-state index is 14.9. The van der Waals surface area contributed by atoms with Gasteiger partial charge in [-0.05, 0) is 43.6 Å². The fourth-order valence-corrected chi connectivity index (χ4v) is 6.35. The highest BCUT2D eigenvalue weighted by molar-refractivity contribution is 7.90. The molecule has 0 radical (unpaired) electrons. The first-order chi connectivity index (χ1) is 14.8. The van der Waals surface area contributed by atoms with Crippen molar-refractivity contribution >= 4 is 27.5 Å². The van der Waals surface area contributed by atoms with Crippen LogP contribution in [0.25, 0.3) is 0 Å². The van der Waals surface area contributed by atoms with Crippen LogP contribution in [-0.4, -0.2) is 56.0 Å². The van der Waals surface area contributed by atoms with Gasteiger partial charge in [-0.3, -0.25) is 10.2 Å². The second-order valence-electron chi connectivity index (χ2n) is 8.76. The first-order valence-corrected chi connectivity index (χ1v) is 12.3. The van der Waals surface area contributed by atoms with Crippen LogP contribution in [0.3, 0.4) is 0 Å². The monoisotopic (exact) mass is 452 g/mol. The van der Waals surface area contributed by atoms with Crippen molar-refractivity contribution in [3.63, 3.8) is 0 Å². The topological polar surface area (TPSA) is 117 Å². The largest absolute Gasteiger partial charge is 0.460 e. The minimum atomic E-state index is -3.09. The highest BCUT2D eigenvalue weighted by Gasteiger charge is 2.43. The molecule has 0 aromatic heterocycles. The molecule has 2 heterocycles. The molecule has 0 spiro atoms. The molecule has 31 heavy (non-hydrogen) atoms. The van der Waals surface area contributed by atoms with Crippen LogP contribution in [0.2, 0.25) is 0 Å². The highest BCUT2D eigenvalue weighted by Crippen LogP contribution is 2.38. The van der Waals surface area contributed by atoms with E-state index in [9.17, 15) is 17.6 Å². The standard InChI is InChI=1S/C21H29FN4O4S/c22-21-15(13-30-20(27)10-19(23)24)2-1-3-18(21)25-11-16(12-25)14-6-8-26(9-7-14)31(28,29)17-4-5-17/h1-3,14,16-17H,4-13H2,(H3,23,24). The lowest BCUT2D eigenvalue weighted by Gasteiger charge is -2.47. The summed E-state index contributed by atoms with van der Waals surface area (Å²) in [6.45, 7) is 2.47. The number of hydrogen-bond donors (Lipinski definition) is 2. The molecule has 2 aliphatic heterocycles. The first-order valence-electron chi connectivity index (χ1n) is 10.8. The molecular formula is C21H29FN4O4S. The number of carbonyl (C=O) groups excluding carboxylic acids is 1. The van der Waals surface area contributed by atoms with Gasteiger partial charge in [-0.25, -0.2) is 17.1 Å². The lowest BCUT2D eigenvalue weighted by Crippen LogP contribution is -2.53. The Morgan fingerprint density at radius 2 is 1.84 bits per heavy atom. The number of sulfonamides is 1. The zero-order valence-electron chi connectivity index (χ0n) is 17.4. The van der Waals surface area contributed by atoms with E-state index in [1.54, 1.807) is 22.5 Å². The summed E-state index contributed by atoms with van der Waals surface area (Å²) in [4.78, 5) is 13.5. The van der Waals surface area contributed by atoms with Gasteiger partial charge in [0.1, 0.15) is 18.9 Å². The number of piperidine rings is 1. The Morgan fingerprint density at radius 1 is 1.16 bits per heavy atom. The molecule has 3 N–H and O–H groups in total. The molecule has 1 aromatic carbocycles. The number of benzene rings is 1. The molecule has 0 bridgehead atoms. The molecule has 4 rings (SSSR count). The van der Waals surface area contributed by atoms with E-state index >= 15 is 0 Å². The van der Waals surface area contributed by atoms with Crippen LogP contribution in [0, 0.1) is 23.1 Å². The van der Waals surface area contributed by atoms with E-state index in [4.69, 9.17) is 15.9 Å². The Hall–Kier alpha value is -2.20. The number of nitrogens with zero attached hydrogens (tertiary/aromatic N) is 2. The number of amidine groups is 1. The average Bonchev–Trinajstić information content (AvgIpc) is 3.53. The molecule has 2 saturated heterocycles. The van der Waals surface area contributed by atoms with Crippen LogP contribution in [0.5, 0.6) is 0 Å². The Kier molecular flexibility index (Phi) is 6.20. The lowest BCUT2D eigenvalue weighted by molar-refractivity contribution is -0.143. The quantitative estimate of drug-likeness (QED) is 0.353. The second kappa shape index (κ2) is 8.74. The lowest BCUT2D eigenvalue weighted by atomic mass is 9.80. The van der Waals surface area contributed by atoms with Gasteiger partial charge in [0.05, 0.1) is 10.9 Å². The number of nitrogens with two attached hydrogens (primary N) is 1. The van der Waals surface area contributed by atoms with E-state index in [-0.39, 0.29) is 29.7 Å². The fraction of sp³-hybridized carbons (Fsp3) is 0.619. The summed E-state index contributed by atoms with van der Waals surface area (Å²) in [6.07, 6.45) is 2.99. The summed E-state index contributed by atoms with van der Waals surface area (Å²) in [5.74, 6) is -0.456. The van der Waals surface area contributed by atoms with Crippen LogP contribution in [0.15, 0.2) is 18.2 Å². The van der Waals surface area contributed by atoms with Crippen molar-refractivity contribution in [2.75, 3.05) is 31.1 Å². The van der Waals surface area contributed by atoms with E-state index < -0.39 is 21.8 Å². The Labute approximate surface area is 182 Å². The van der Waals surface area contributed by atoms with Crippen molar-refractivity contribution in [1.29, 1.82) is 5.41 Å². The van der Waals surface area contributed by atoms with E-state index in [1.165, 1.54) is 0 Å². The van der Waals surface area contributed by atoms with Gasteiger partial charge in [-0.1, -0.05) is 12.1 Å². The molecule has 170 valence electrons. The van der Waals surface area contributed by atoms with Gasteiger partial charge in [0, 0.05) is 31.7 Å². The number of ether oxygens (including phenoxy) is 1. The van der Waals surface area contributed by atoms with Crippen molar-refractivity contribution in [2.24, 2.45) is 17.6 Å². The fourth-order valence-electron chi connectivity index (χ4n) is 4.47. The smallest absolute Gasteiger partial charge is 0.313 e. The molecule has 3 fully saturated rings. The van der Waals surface area contributed by atoms with Gasteiger partial charge in [0.25, 0.3) is 0 Å². The third-order valence-corrected chi connectivity index (χ3v) is 8.90. The van der Waals surface area contributed by atoms with E-state index in [1.807, 2.05) is 4.90 Å². The average molecular weight is 453 g/mol. The molecule has 1 aromatic rings. The Balaban J connectivity index is 1.28. The summed E-state index contributed by atoms with van der Waals surface area (Å²) in [7, 11) is -3.09. The zero-order valence-corrected chi connectivity index (χ0v) is 18.2. The molecule has 0 atom stereocenters. The molecule has 8 nitrogen and oxygen atoms in total. The minimum absolute atomic E-state index is 0.153. The third kappa shape index (κ3) is 4.85. The summed E-state index contributed by atoms with van der Waals surface area (Å²) < 4.78 is 46.4. The number of hydrogen-bond acceptors (Lipinski definition) is 6. The van der Waals surface area contributed by atoms with Gasteiger partial charge >= 0.3 is 5.97 Å². The zero-order chi connectivity index (χ0) is 22.2. The summed E-state index contributed by atoms with van der Waals surface area (Å²) in [5.41, 5.74) is 5.95. The third-order valence-electron chi connectivity index (χ3n) is 6.50. The summed E-state index contributed by atoms with van der Waals surface area (Å²) in [6, 6.07) is 5.03. The molecule has 0 unspecified atom stereocenters. The number of nitrogens with one attached hydrogen (secondary N) is 1.